The summed E-state index contributed by atoms with van der Waals surface area (Å²) >= 11 is 5.98. The van der Waals surface area contributed by atoms with Crippen LogP contribution in [0.1, 0.15) is 141 Å². The highest BCUT2D eigenvalue weighted by atomic mass is 127. The predicted octanol–water partition coefficient (Wildman–Crippen LogP) is 3.88. The number of aromatic nitrogens is 3. The number of nitrogens with two attached hydrogens (primary N) is 1. The Hall–Kier alpha value is -6.39. The number of hydrogen-bond donors (Lipinski definition) is 11. The van der Waals surface area contributed by atoms with Crippen molar-refractivity contribution in [2.45, 2.75) is 265 Å². The number of hydrazine groups is 1. The Morgan fingerprint density at radius 3 is 2.20 bits per heavy atom. The molecule has 5 aliphatic rings. The minimum atomic E-state index is -2.34. The van der Waals surface area contributed by atoms with Crippen LogP contribution in [0.4, 0.5) is 4.79 Å². The second-order valence-electron chi connectivity index (χ2n) is 30.3. The number of terminal acetylenes is 1. The first-order valence-corrected chi connectivity index (χ1v) is 46.6. The molecule has 1 aromatic carbocycles. The average molecular weight is 1940 g/mol. The lowest BCUT2D eigenvalue weighted by Crippen LogP contribution is -2.65. The van der Waals surface area contributed by atoms with Gasteiger partial charge in [0, 0.05) is 105 Å². The molecule has 684 valence electrons. The second-order valence-corrected chi connectivity index (χ2v) is 37.3. The van der Waals surface area contributed by atoms with Crippen LogP contribution >= 0.6 is 79.5 Å². The molecule has 0 radical (unpaired) electrons. The molecule has 12 N–H and O–H groups in total. The minimum absolute atomic E-state index is 0.00278. The molecular formula is C80H115IN10O27S5. The van der Waals surface area contributed by atoms with Gasteiger partial charge in [-0.05, 0) is 115 Å². The van der Waals surface area contributed by atoms with Crippen LogP contribution in [0.25, 0.3) is 0 Å². The number of nitrogens with zero attached hydrogens (tertiary/aromatic N) is 4. The summed E-state index contributed by atoms with van der Waals surface area (Å²) in [6.07, 6.45) is -7.73. The van der Waals surface area contributed by atoms with Gasteiger partial charge in [-0.2, -0.15) is 29.0 Å². The van der Waals surface area contributed by atoms with E-state index in [1.807, 2.05) is 35.1 Å². The van der Waals surface area contributed by atoms with Gasteiger partial charge in [0.15, 0.2) is 47.5 Å². The molecule has 7 rings (SSSR count). The molecule has 17 unspecified atom stereocenters. The molecule has 6 amide bonds. The van der Waals surface area contributed by atoms with E-state index in [-0.39, 0.29) is 83.6 Å². The van der Waals surface area contributed by atoms with Crippen LogP contribution in [0.3, 0.4) is 0 Å². The first-order valence-electron chi connectivity index (χ1n) is 39.6. The smallest absolute Gasteiger partial charge is 0.411 e. The van der Waals surface area contributed by atoms with Crippen LogP contribution < -0.4 is 46.9 Å². The van der Waals surface area contributed by atoms with E-state index in [0.29, 0.717) is 40.1 Å². The zero-order valence-corrected chi connectivity index (χ0v) is 78.0. The number of benzene rings is 1. The quantitative estimate of drug-likeness (QED) is 0.0148. The van der Waals surface area contributed by atoms with Gasteiger partial charge in [0.25, 0.3) is 0 Å². The summed E-state index contributed by atoms with van der Waals surface area (Å²) in [5, 5.41) is 71.4. The number of carbonyl (C=O) groups is 9. The monoisotopic (exact) mass is 1930 g/mol. The number of nitrogens with one attached hydrogen (secondary N) is 5. The van der Waals surface area contributed by atoms with E-state index in [1.54, 1.807) is 87.6 Å². The van der Waals surface area contributed by atoms with E-state index in [1.165, 1.54) is 83.0 Å². The normalized spacial score (nSPS) is 27.8. The van der Waals surface area contributed by atoms with Gasteiger partial charge in [0.05, 0.1) is 127 Å². The van der Waals surface area contributed by atoms with Gasteiger partial charge in [-0.15, -0.1) is 11.5 Å². The van der Waals surface area contributed by atoms with Crippen LogP contribution in [0.15, 0.2) is 35.1 Å². The molecule has 0 bridgehead atoms. The van der Waals surface area contributed by atoms with Crippen molar-refractivity contribution in [3.63, 3.8) is 0 Å². The van der Waals surface area contributed by atoms with Crippen molar-refractivity contribution in [2.75, 3.05) is 67.0 Å². The molecule has 37 nitrogen and oxygen atoms in total. The Balaban J connectivity index is 1.07. The number of Topliss-reactive ketones (excluding diaryl/α,β-unsaturated/α-hetero) is 2. The van der Waals surface area contributed by atoms with Crippen molar-refractivity contribution < 1.29 is 130 Å². The Bertz CT molecular complexity index is 4230. The van der Waals surface area contributed by atoms with Crippen LogP contribution in [0.2, 0.25) is 0 Å². The van der Waals surface area contributed by atoms with E-state index in [9.17, 15) is 68.7 Å². The lowest BCUT2D eigenvalue weighted by atomic mass is 9.75. The number of hydroxylamine groups is 1. The number of aryl methyl sites for hydroxylation is 1. The number of likely N-dealkylation sites (N-methyl/N-ethyl adjacent to an activating group) is 1. The number of carbonyl (C=O) groups excluding carboxylic acids is 9. The van der Waals surface area contributed by atoms with Gasteiger partial charge < -0.3 is 98.3 Å². The molecular weight excluding hydrogens is 1820 g/mol. The SMILES string of the molecule is C#C/C=C\C#C[C@]1(O)CC(=O)C(NC(=O)OC)=C([C@H](C)OC2OC(C)C(NOC3CC(O)C(SC(=O)c4c(C)c(I)c(OC5OC(C)C(O)C(OC)C5O)c(OC)c4OC)C(C)O3)C(O)C2OC2CC(OC)C(N(CC)C(C)=O)CO2)/C1=C\CSSC(C)(C)CC(=O)NNC(=O)[C@H](C)CC(=O)[C@H](CC(N)=O)NC(=O)CCCn1nnc(CSC)c1CSC. The number of thioether (sulfide) groups is 3. The molecule has 123 heavy (non-hydrogen) atoms. The Kier molecular flexibility index (Phi) is 41.0. The Morgan fingerprint density at radius 1 is 0.870 bits per heavy atom. The summed E-state index contributed by atoms with van der Waals surface area (Å²) in [4.78, 5) is 129. The van der Waals surface area contributed by atoms with Crippen LogP contribution in [-0.2, 0) is 99.1 Å². The van der Waals surface area contributed by atoms with E-state index in [2.05, 4.69) is 55.0 Å². The Morgan fingerprint density at radius 2 is 1.57 bits per heavy atom. The third-order valence-corrected chi connectivity index (χ3v) is 27.8. The van der Waals surface area contributed by atoms with Crippen LogP contribution in [-0.4, -0.2) is 291 Å². The number of aliphatic hydroxyl groups is 5. The summed E-state index contributed by atoms with van der Waals surface area (Å²) < 4.78 is 73.9. The lowest BCUT2D eigenvalue weighted by molar-refractivity contribution is -0.339. The van der Waals surface area contributed by atoms with Crippen LogP contribution in [0, 0.1) is 40.6 Å². The van der Waals surface area contributed by atoms with Crippen molar-refractivity contribution in [2.24, 2.45) is 11.7 Å². The van der Waals surface area contributed by atoms with Crippen molar-refractivity contribution in [1.82, 2.24) is 46.9 Å². The highest BCUT2D eigenvalue weighted by Crippen LogP contribution is 2.50. The summed E-state index contributed by atoms with van der Waals surface area (Å²) in [7, 11) is 8.97. The molecule has 1 aromatic heterocycles. The molecule has 5 heterocycles. The van der Waals surface area contributed by atoms with E-state index in [0.717, 1.165) is 30.3 Å². The van der Waals surface area contributed by atoms with Crippen molar-refractivity contribution >= 4 is 132 Å². The van der Waals surface area contributed by atoms with Gasteiger partial charge in [-0.1, -0.05) is 69.3 Å². The number of allylic oxidation sites excluding steroid dienone is 3. The molecule has 4 aliphatic heterocycles. The second kappa shape index (κ2) is 48.7. The van der Waals surface area contributed by atoms with Crippen molar-refractivity contribution in [3.8, 4) is 41.4 Å². The maximum Gasteiger partial charge on any atom is 0.411 e. The number of ketones is 2. The standard InChI is InChI=1S/C80H115IN10O27S5/c1-19-21-22-23-27-80(105)34-53(95)64(84-78(104)110-16)61(46(80)26-29-121-123-79(10,11)35-57(98)86-87-74(102)39(3)30-51(93)47(31-55(82)96)83-56(97)25-24-28-91-50(38-120-18)48(37-119-17)85-89-91)41(5)113-77-71(116-58-33-54(106-12)49(36-111-58)90(20-2)45(9)92)66(100)63(42(6)114-77)88-118-59-32-52(94)73(44(8)112-59)122-75(103)60-40(4)62(81)69(72(109-15)68(60)107-13)117-76-67(101)70(108-14)65(99)43(7)115-76/h1,21-22,26,39,41-44,47,49,52,54,58-59,63,65-67,70-71,73,76-77,88,94,99-101,105H,20,24-25,28-38H2,2-18H3,(H2,82,96)(H,83,97)(H,84,104)(H,86,98)(H,87,102)/b22-21-,46-26+/t39-,41+,42?,43?,44?,47+,49?,52?,54?,58?,59?,63?,65?,66?,67?,70?,71?,73?,76?,77?,80+/m1/s1. The maximum atomic E-state index is 14.6. The summed E-state index contributed by atoms with van der Waals surface area (Å²) in [6.45, 7) is 16.7. The van der Waals surface area contributed by atoms with Crippen molar-refractivity contribution in [1.29, 1.82) is 0 Å². The number of ether oxygens (including phenoxy) is 12. The molecule has 0 spiro atoms. The fourth-order valence-electron chi connectivity index (χ4n) is 14.6. The lowest BCUT2D eigenvalue weighted by Gasteiger charge is -2.47. The highest BCUT2D eigenvalue weighted by Gasteiger charge is 2.53. The van der Waals surface area contributed by atoms with E-state index < -0.39 is 198 Å². The molecule has 43 heteroatoms. The minimum Gasteiger partial charge on any atom is -0.492 e. The van der Waals surface area contributed by atoms with E-state index >= 15 is 0 Å². The molecule has 21 atom stereocenters. The van der Waals surface area contributed by atoms with Gasteiger partial charge in [0.1, 0.15) is 30.5 Å². The number of hydrogen-bond acceptors (Lipinski definition) is 35. The van der Waals surface area contributed by atoms with Gasteiger partial charge in [0.2, 0.25) is 46.7 Å². The Labute approximate surface area is 749 Å². The average Bonchev–Trinajstić information content (AvgIpc) is 0.985. The molecule has 2 aromatic rings. The summed E-state index contributed by atoms with van der Waals surface area (Å²) in [6, 6.07) is -3.10. The topological polar surface area (TPSA) is 495 Å². The fraction of sp³-hybridized carbons (Fsp3) is 0.662. The van der Waals surface area contributed by atoms with Crippen LogP contribution in [0.5, 0.6) is 17.2 Å². The highest BCUT2D eigenvalue weighted by molar-refractivity contribution is 14.1. The van der Waals surface area contributed by atoms with Gasteiger partial charge in [-0.25, -0.2) is 9.48 Å². The van der Waals surface area contributed by atoms with Gasteiger partial charge in [-0.3, -0.25) is 59.4 Å². The number of primary amides is 1. The fourth-order valence-corrected chi connectivity index (χ4v) is 19.8. The zero-order chi connectivity index (χ0) is 91.1. The largest absolute Gasteiger partial charge is 0.492 e. The van der Waals surface area contributed by atoms with Crippen molar-refractivity contribution in [3.05, 3.63) is 61.2 Å². The number of halogens is 1. The number of aliphatic hydroxyl groups excluding tert-OH is 4. The predicted molar refractivity (Wildman–Crippen MR) is 465 cm³/mol. The summed E-state index contributed by atoms with van der Waals surface area (Å²) in [5.74, 6) is 3.70. The first kappa shape index (κ1) is 104. The number of rotatable bonds is 40. The molecule has 1 aliphatic carbocycles. The molecule has 4 saturated heterocycles. The third-order valence-electron chi connectivity index (χ3n) is 20.8. The number of alkyl carbamates (subject to hydrolysis) is 1. The molecule has 4 fully saturated rings. The maximum absolute atomic E-state index is 14.6. The van der Waals surface area contributed by atoms with E-state index in [4.69, 9.17) is 73.8 Å². The number of amides is 6. The number of methoxy groups -OCH3 is 5. The van der Waals surface area contributed by atoms with Gasteiger partial charge >= 0.3 is 6.09 Å². The summed E-state index contributed by atoms with van der Waals surface area (Å²) in [5.41, 5.74) is 12.5. The zero-order valence-electron chi connectivity index (χ0n) is 71.8. The molecule has 0 saturated carbocycles. The third kappa shape index (κ3) is 27.6. The first-order chi connectivity index (χ1) is 58.3.